The molecule has 0 bridgehead atoms. The molecule has 1 aliphatic carbocycles. The Hall–Kier alpha value is -1.06. The van der Waals surface area contributed by atoms with Crippen LogP contribution in [0.5, 0.6) is 5.75 Å². The Morgan fingerprint density at radius 2 is 1.93 bits per heavy atom. The first-order chi connectivity index (χ1) is 13.7. The third-order valence-corrected chi connectivity index (χ3v) is 4.91. The second-order valence-corrected chi connectivity index (χ2v) is 7.64. The lowest BCUT2D eigenvalue weighted by atomic mass is 9.98. The smallest absolute Gasteiger partial charge is 0.191 e. The lowest BCUT2D eigenvalue weighted by Gasteiger charge is -2.22. The van der Waals surface area contributed by atoms with Crippen molar-refractivity contribution in [3.63, 3.8) is 0 Å². The van der Waals surface area contributed by atoms with Gasteiger partial charge >= 0.3 is 0 Å². The van der Waals surface area contributed by atoms with E-state index < -0.39 is 0 Å². The number of halogens is 1. The molecule has 0 aromatic heterocycles. The van der Waals surface area contributed by atoms with E-state index in [1.807, 2.05) is 26.2 Å². The molecule has 1 aromatic carbocycles. The van der Waals surface area contributed by atoms with Crippen LogP contribution >= 0.6 is 24.0 Å². The molecule has 7 heteroatoms. The normalized spacial score (nSPS) is 15.1. The van der Waals surface area contributed by atoms with Crippen molar-refractivity contribution >= 4 is 29.9 Å². The Kier molecular flexibility index (Phi) is 14.1. The van der Waals surface area contributed by atoms with Crippen LogP contribution in [0.1, 0.15) is 44.1 Å². The SMILES string of the molecule is CN=C(NCCCOC1CCCCC1)NCc1cccc(OCCN(C)C)c1.I. The van der Waals surface area contributed by atoms with Gasteiger partial charge in [-0.1, -0.05) is 31.4 Å². The predicted octanol–water partition coefficient (Wildman–Crippen LogP) is 3.65. The number of benzene rings is 1. The summed E-state index contributed by atoms with van der Waals surface area (Å²) in [4.78, 5) is 6.41. The van der Waals surface area contributed by atoms with Crippen molar-refractivity contribution in [1.29, 1.82) is 0 Å². The van der Waals surface area contributed by atoms with Crippen LogP contribution in [0.4, 0.5) is 0 Å². The zero-order valence-corrected chi connectivity index (χ0v) is 20.6. The average Bonchev–Trinajstić information content (AvgIpc) is 2.71. The predicted molar refractivity (Wildman–Crippen MR) is 132 cm³/mol. The van der Waals surface area contributed by atoms with Crippen LogP contribution in [0.2, 0.25) is 0 Å². The van der Waals surface area contributed by atoms with Crippen LogP contribution in [0.15, 0.2) is 29.3 Å². The van der Waals surface area contributed by atoms with Crippen molar-refractivity contribution in [1.82, 2.24) is 15.5 Å². The van der Waals surface area contributed by atoms with Crippen LogP contribution in [0.25, 0.3) is 0 Å². The summed E-state index contributed by atoms with van der Waals surface area (Å²) in [6.45, 7) is 3.99. The highest BCUT2D eigenvalue weighted by Gasteiger charge is 2.12. The Labute approximate surface area is 193 Å². The number of nitrogens with one attached hydrogen (secondary N) is 2. The molecule has 0 atom stereocenters. The van der Waals surface area contributed by atoms with Gasteiger partial charge in [0, 0.05) is 33.3 Å². The van der Waals surface area contributed by atoms with Crippen LogP contribution in [0, 0.1) is 0 Å². The van der Waals surface area contributed by atoms with E-state index in [-0.39, 0.29) is 24.0 Å². The van der Waals surface area contributed by atoms with Gasteiger partial charge in [0.15, 0.2) is 5.96 Å². The molecular weight excluding hydrogens is 479 g/mol. The first kappa shape index (κ1) is 26.0. The van der Waals surface area contributed by atoms with Gasteiger partial charge in [-0.2, -0.15) is 0 Å². The van der Waals surface area contributed by atoms with E-state index in [2.05, 4.69) is 32.7 Å². The number of rotatable bonds is 11. The molecule has 0 aliphatic heterocycles. The highest BCUT2D eigenvalue weighted by atomic mass is 127. The maximum Gasteiger partial charge on any atom is 0.191 e. The molecule has 0 amide bonds. The number of hydrogen-bond acceptors (Lipinski definition) is 4. The summed E-state index contributed by atoms with van der Waals surface area (Å²) in [5.74, 6) is 1.72. The van der Waals surface area contributed by atoms with Crippen LogP contribution < -0.4 is 15.4 Å². The number of nitrogens with zero attached hydrogens (tertiary/aromatic N) is 2. The molecule has 0 saturated heterocycles. The maximum atomic E-state index is 5.97. The van der Waals surface area contributed by atoms with Gasteiger partial charge in [-0.3, -0.25) is 4.99 Å². The summed E-state index contributed by atoms with van der Waals surface area (Å²) in [6, 6.07) is 8.20. The maximum absolute atomic E-state index is 5.97. The van der Waals surface area contributed by atoms with Crippen molar-refractivity contribution in [2.75, 3.05) is 47.4 Å². The second-order valence-electron chi connectivity index (χ2n) is 7.64. The van der Waals surface area contributed by atoms with Crippen LogP contribution in [0.3, 0.4) is 0 Å². The van der Waals surface area contributed by atoms with Gasteiger partial charge in [-0.05, 0) is 51.1 Å². The molecule has 1 aliphatic rings. The van der Waals surface area contributed by atoms with Gasteiger partial charge in [0.2, 0.25) is 0 Å². The van der Waals surface area contributed by atoms with E-state index in [1.54, 1.807) is 7.05 Å². The number of aliphatic imine (C=N–C) groups is 1. The Morgan fingerprint density at radius 1 is 1.14 bits per heavy atom. The van der Waals surface area contributed by atoms with E-state index in [4.69, 9.17) is 9.47 Å². The van der Waals surface area contributed by atoms with Gasteiger partial charge in [0.25, 0.3) is 0 Å². The molecule has 0 unspecified atom stereocenters. The molecule has 1 aromatic rings. The monoisotopic (exact) mass is 518 g/mol. The van der Waals surface area contributed by atoms with Crippen molar-refractivity contribution in [3.05, 3.63) is 29.8 Å². The first-order valence-corrected chi connectivity index (χ1v) is 10.6. The third-order valence-electron chi connectivity index (χ3n) is 4.91. The lowest BCUT2D eigenvalue weighted by molar-refractivity contribution is 0.0277. The fraction of sp³-hybridized carbons (Fsp3) is 0.682. The van der Waals surface area contributed by atoms with Gasteiger partial charge in [0.05, 0.1) is 6.10 Å². The standard InChI is InChI=1S/C22H38N4O2.HI/c1-23-22(24-13-8-15-27-20-10-5-4-6-11-20)25-18-19-9-7-12-21(17-19)28-16-14-26(2)3;/h7,9,12,17,20H,4-6,8,10-11,13-16,18H2,1-3H3,(H2,23,24,25);1H. The number of ether oxygens (including phenoxy) is 2. The van der Waals surface area contributed by atoms with E-state index in [0.29, 0.717) is 19.3 Å². The molecule has 29 heavy (non-hydrogen) atoms. The summed E-state index contributed by atoms with van der Waals surface area (Å²) in [7, 11) is 5.89. The van der Waals surface area contributed by atoms with Crippen molar-refractivity contribution in [2.24, 2.45) is 4.99 Å². The molecule has 1 saturated carbocycles. The zero-order chi connectivity index (χ0) is 20.0. The van der Waals surface area contributed by atoms with Crippen molar-refractivity contribution in [2.45, 2.75) is 51.2 Å². The summed E-state index contributed by atoms with van der Waals surface area (Å²) in [6.07, 6.45) is 7.95. The number of hydrogen-bond donors (Lipinski definition) is 2. The largest absolute Gasteiger partial charge is 0.492 e. The first-order valence-electron chi connectivity index (χ1n) is 10.6. The highest BCUT2D eigenvalue weighted by Crippen LogP contribution is 2.20. The fourth-order valence-corrected chi connectivity index (χ4v) is 3.26. The Balaban J connectivity index is 0.00000420. The van der Waals surface area contributed by atoms with Gasteiger partial charge in [-0.15, -0.1) is 24.0 Å². The zero-order valence-electron chi connectivity index (χ0n) is 18.3. The summed E-state index contributed by atoms with van der Waals surface area (Å²) >= 11 is 0. The minimum absolute atomic E-state index is 0. The van der Waals surface area contributed by atoms with Crippen LogP contribution in [-0.4, -0.2) is 64.4 Å². The van der Waals surface area contributed by atoms with Gasteiger partial charge < -0.3 is 25.0 Å². The number of guanidine groups is 1. The topological polar surface area (TPSA) is 58.1 Å². The Bertz CT molecular complexity index is 578. The quantitative estimate of drug-likeness (QED) is 0.203. The molecule has 6 nitrogen and oxygen atoms in total. The Morgan fingerprint density at radius 3 is 2.66 bits per heavy atom. The van der Waals surface area contributed by atoms with E-state index in [1.165, 1.54) is 37.7 Å². The molecular formula is C22H39IN4O2. The molecule has 2 rings (SSSR count). The average molecular weight is 518 g/mol. The van der Waals surface area contributed by atoms with Crippen molar-refractivity contribution in [3.8, 4) is 5.75 Å². The summed E-state index contributed by atoms with van der Waals surface area (Å²) < 4.78 is 11.8. The minimum Gasteiger partial charge on any atom is -0.492 e. The summed E-state index contributed by atoms with van der Waals surface area (Å²) in [5.41, 5.74) is 1.17. The molecule has 2 N–H and O–H groups in total. The number of likely N-dealkylation sites (N-methyl/N-ethyl adjacent to an activating group) is 1. The second kappa shape index (κ2) is 15.7. The summed E-state index contributed by atoms with van der Waals surface area (Å²) in [5, 5.41) is 6.72. The van der Waals surface area contributed by atoms with Crippen molar-refractivity contribution < 1.29 is 9.47 Å². The lowest BCUT2D eigenvalue weighted by Crippen LogP contribution is -2.37. The molecule has 1 fully saturated rings. The molecule has 166 valence electrons. The van der Waals surface area contributed by atoms with E-state index in [0.717, 1.165) is 37.8 Å². The van der Waals surface area contributed by atoms with Gasteiger partial charge in [-0.25, -0.2) is 0 Å². The van der Waals surface area contributed by atoms with Gasteiger partial charge in [0.1, 0.15) is 12.4 Å². The molecule has 0 spiro atoms. The van der Waals surface area contributed by atoms with E-state index >= 15 is 0 Å². The minimum atomic E-state index is 0. The fourth-order valence-electron chi connectivity index (χ4n) is 3.26. The highest BCUT2D eigenvalue weighted by molar-refractivity contribution is 14.0. The van der Waals surface area contributed by atoms with E-state index in [9.17, 15) is 0 Å². The molecule has 0 heterocycles. The van der Waals surface area contributed by atoms with Crippen LogP contribution in [-0.2, 0) is 11.3 Å². The molecule has 0 radical (unpaired) electrons. The third kappa shape index (κ3) is 11.6.